The van der Waals surface area contributed by atoms with E-state index in [9.17, 15) is 20.1 Å². The maximum absolute atomic E-state index is 12.3. The molecule has 0 spiro atoms. The molecule has 10 atom stereocenters. The summed E-state index contributed by atoms with van der Waals surface area (Å²) in [5, 5.41) is 33.5. The van der Waals surface area contributed by atoms with E-state index in [2.05, 4.69) is 5.32 Å². The number of carbonyl (C=O) groups excluding carboxylic acids is 1. The minimum Gasteiger partial charge on any atom is -0.389 e. The number of benzene rings is 1. The van der Waals surface area contributed by atoms with Crippen LogP contribution in [-0.4, -0.2) is 95.4 Å². The molecule has 0 radical (unpaired) electrons. The van der Waals surface area contributed by atoms with Gasteiger partial charge in [-0.15, -0.1) is 0 Å². The number of hydrogen-bond acceptors (Lipinski definition) is 11. The second-order valence-corrected chi connectivity index (χ2v) is 8.18. The van der Waals surface area contributed by atoms with Crippen molar-refractivity contribution in [3.63, 3.8) is 0 Å². The van der Waals surface area contributed by atoms with Crippen molar-refractivity contribution < 1.29 is 34.3 Å². The molecule has 12 nitrogen and oxygen atoms in total. The lowest BCUT2D eigenvalue weighted by Crippen LogP contribution is -2.67. The van der Waals surface area contributed by atoms with Crippen LogP contribution in [0.5, 0.6) is 0 Å². The van der Waals surface area contributed by atoms with E-state index in [0.29, 0.717) is 5.69 Å². The number of nitrogens with two attached hydrogens (primary N) is 4. The Balaban J connectivity index is 1.68. The zero-order valence-corrected chi connectivity index (χ0v) is 17.6. The van der Waals surface area contributed by atoms with E-state index in [0.717, 1.165) is 0 Å². The van der Waals surface area contributed by atoms with Gasteiger partial charge in [0.2, 0.25) is 5.91 Å². The molecule has 1 aromatic rings. The summed E-state index contributed by atoms with van der Waals surface area (Å²) >= 11 is 0. The summed E-state index contributed by atoms with van der Waals surface area (Å²) in [7, 11) is 0. The van der Waals surface area contributed by atoms with Gasteiger partial charge in [0, 0.05) is 24.3 Å². The van der Waals surface area contributed by atoms with Crippen LogP contribution in [0.3, 0.4) is 0 Å². The van der Waals surface area contributed by atoms with E-state index < -0.39 is 66.9 Å². The van der Waals surface area contributed by atoms with Gasteiger partial charge >= 0.3 is 0 Å². The lowest BCUT2D eigenvalue weighted by molar-refractivity contribution is -0.290. The summed E-state index contributed by atoms with van der Waals surface area (Å²) in [6.45, 7) is -0.463. The Morgan fingerprint density at radius 1 is 1.03 bits per heavy atom. The fraction of sp³-hybridized carbons (Fsp3) is 0.650. The van der Waals surface area contributed by atoms with Crippen LogP contribution in [0.25, 0.3) is 0 Å². The third kappa shape index (κ3) is 5.61. The molecule has 12 N–H and O–H groups in total. The number of hydrogen-bond donors (Lipinski definition) is 8. The van der Waals surface area contributed by atoms with Gasteiger partial charge in [-0.2, -0.15) is 0 Å². The van der Waals surface area contributed by atoms with Crippen LogP contribution in [0, 0.1) is 0 Å². The molecular formula is C20H33N5O7. The molecule has 0 aromatic heterocycles. The first-order chi connectivity index (χ1) is 15.2. The number of para-hydroxylation sites is 1. The highest BCUT2D eigenvalue weighted by Crippen LogP contribution is 2.28. The van der Waals surface area contributed by atoms with Crippen LogP contribution in [-0.2, 0) is 19.0 Å². The smallest absolute Gasteiger partial charge is 0.250 e. The predicted octanol–water partition coefficient (Wildman–Crippen LogP) is -3.45. The molecule has 2 aliphatic rings. The van der Waals surface area contributed by atoms with Crippen LogP contribution in [0.2, 0.25) is 0 Å². The van der Waals surface area contributed by atoms with Gasteiger partial charge in [0.1, 0.15) is 37.1 Å². The second kappa shape index (κ2) is 10.9. The van der Waals surface area contributed by atoms with Gasteiger partial charge < -0.3 is 57.8 Å². The number of carbonyl (C=O) groups is 1. The highest BCUT2D eigenvalue weighted by molar-refractivity contribution is 5.91. The van der Waals surface area contributed by atoms with Gasteiger partial charge in [0.25, 0.3) is 0 Å². The minimum atomic E-state index is -1.34. The number of amides is 1. The zero-order chi connectivity index (χ0) is 23.4. The Labute approximate surface area is 185 Å². The van der Waals surface area contributed by atoms with Crippen molar-refractivity contribution in [1.29, 1.82) is 0 Å². The SMILES string of the molecule is NC[C@H]1O[C@H](O[C@H]2[C@H](OCC(=O)Nc3ccccc3)[C@@H](O)[C@H](N)C[C@@H]2N)[C@H](N)[C@@H](O)[C@@H]1O. The molecule has 2 fully saturated rings. The number of ether oxygens (including phenoxy) is 3. The van der Waals surface area contributed by atoms with Crippen molar-refractivity contribution in [1.82, 2.24) is 0 Å². The monoisotopic (exact) mass is 455 g/mol. The van der Waals surface area contributed by atoms with E-state index in [1.165, 1.54) is 0 Å². The molecule has 32 heavy (non-hydrogen) atoms. The summed E-state index contributed by atoms with van der Waals surface area (Å²) in [5.74, 6) is -0.442. The van der Waals surface area contributed by atoms with E-state index in [1.807, 2.05) is 6.07 Å². The molecular weight excluding hydrogens is 422 g/mol. The summed E-state index contributed by atoms with van der Waals surface area (Å²) in [4.78, 5) is 12.3. The predicted molar refractivity (Wildman–Crippen MR) is 114 cm³/mol. The number of rotatable bonds is 7. The van der Waals surface area contributed by atoms with Gasteiger partial charge in [-0.1, -0.05) is 18.2 Å². The molecule has 180 valence electrons. The molecule has 0 bridgehead atoms. The molecule has 0 unspecified atom stereocenters. The molecule has 1 saturated carbocycles. The summed E-state index contributed by atoms with van der Waals surface area (Å²) in [6.07, 6.45) is -7.67. The van der Waals surface area contributed by atoms with Gasteiger partial charge in [-0.25, -0.2) is 0 Å². The Morgan fingerprint density at radius 2 is 1.72 bits per heavy atom. The number of anilines is 1. The first-order valence-corrected chi connectivity index (χ1v) is 10.5. The topological polar surface area (TPSA) is 222 Å². The third-order valence-electron chi connectivity index (χ3n) is 5.80. The van der Waals surface area contributed by atoms with Crippen molar-refractivity contribution in [2.75, 3.05) is 18.5 Å². The van der Waals surface area contributed by atoms with Crippen molar-refractivity contribution >= 4 is 11.6 Å². The molecule has 1 saturated heterocycles. The van der Waals surface area contributed by atoms with Gasteiger partial charge in [-0.3, -0.25) is 4.79 Å². The first kappa shape index (κ1) is 24.9. The van der Waals surface area contributed by atoms with Crippen LogP contribution < -0.4 is 28.3 Å². The second-order valence-electron chi connectivity index (χ2n) is 8.18. The maximum atomic E-state index is 12.3. The molecule has 1 aliphatic carbocycles. The van der Waals surface area contributed by atoms with Crippen molar-refractivity contribution in [2.45, 2.75) is 67.5 Å². The van der Waals surface area contributed by atoms with E-state index >= 15 is 0 Å². The molecule has 1 amide bonds. The van der Waals surface area contributed by atoms with Gasteiger partial charge in [0.15, 0.2) is 6.29 Å². The molecule has 3 rings (SSSR count). The summed E-state index contributed by atoms with van der Waals surface area (Å²) in [5.41, 5.74) is 24.4. The molecule has 1 aliphatic heterocycles. The molecule has 1 heterocycles. The quantitative estimate of drug-likeness (QED) is 0.202. The Bertz CT molecular complexity index is 742. The van der Waals surface area contributed by atoms with Crippen LogP contribution in [0.4, 0.5) is 5.69 Å². The fourth-order valence-electron chi connectivity index (χ4n) is 3.96. The molecule has 12 heteroatoms. The van der Waals surface area contributed by atoms with Gasteiger partial charge in [0.05, 0.1) is 12.1 Å². The first-order valence-electron chi connectivity index (χ1n) is 10.5. The van der Waals surface area contributed by atoms with E-state index in [-0.39, 0.29) is 19.6 Å². The third-order valence-corrected chi connectivity index (χ3v) is 5.80. The summed E-state index contributed by atoms with van der Waals surface area (Å²) in [6, 6.07) is 6.34. The average molecular weight is 456 g/mol. The zero-order valence-electron chi connectivity index (χ0n) is 17.6. The Morgan fingerprint density at radius 3 is 2.38 bits per heavy atom. The number of aliphatic hydroxyl groups excluding tert-OH is 3. The molecule has 1 aromatic carbocycles. The lowest BCUT2D eigenvalue weighted by atomic mass is 9.84. The Kier molecular flexibility index (Phi) is 8.52. The highest BCUT2D eigenvalue weighted by Gasteiger charge is 2.48. The normalized spacial score (nSPS) is 40.1. The van der Waals surface area contributed by atoms with E-state index in [1.54, 1.807) is 24.3 Å². The number of nitrogens with one attached hydrogen (secondary N) is 1. The van der Waals surface area contributed by atoms with Crippen LogP contribution >= 0.6 is 0 Å². The van der Waals surface area contributed by atoms with Crippen LogP contribution in [0.15, 0.2) is 30.3 Å². The standard InChI is InChI=1S/C20H33N5O7/c21-7-12-16(28)17(29)14(24)20(31-12)32-18-11(23)6-10(22)15(27)19(18)30-8-13(26)25-9-4-2-1-3-5-9/h1-5,10-12,14-20,27-29H,6-8,21-24H2,(H,25,26)/t10-,11+,12-,14-,15+,16-,17-,18-,19-,20-/m1/s1. The van der Waals surface area contributed by atoms with Crippen molar-refractivity contribution in [3.8, 4) is 0 Å². The Hall–Kier alpha value is -1.71. The maximum Gasteiger partial charge on any atom is 0.250 e. The van der Waals surface area contributed by atoms with Gasteiger partial charge in [-0.05, 0) is 18.6 Å². The van der Waals surface area contributed by atoms with Crippen molar-refractivity contribution in [3.05, 3.63) is 30.3 Å². The lowest BCUT2D eigenvalue weighted by Gasteiger charge is -2.46. The highest BCUT2D eigenvalue weighted by atomic mass is 16.7. The largest absolute Gasteiger partial charge is 0.389 e. The van der Waals surface area contributed by atoms with E-state index in [4.69, 9.17) is 37.1 Å². The van der Waals surface area contributed by atoms with Crippen molar-refractivity contribution in [2.24, 2.45) is 22.9 Å². The average Bonchev–Trinajstić information content (AvgIpc) is 2.77. The van der Waals surface area contributed by atoms with Crippen LogP contribution in [0.1, 0.15) is 6.42 Å². The summed E-state index contributed by atoms with van der Waals surface area (Å²) < 4.78 is 17.2. The fourth-order valence-corrected chi connectivity index (χ4v) is 3.96. The minimum absolute atomic E-state index is 0.0748. The number of aliphatic hydroxyl groups is 3.